The zero-order valence-electron chi connectivity index (χ0n) is 34.7. The average molecular weight is 766 g/mol. The molecule has 8 nitrogen and oxygen atoms in total. The van der Waals surface area contributed by atoms with Crippen LogP contribution in [0.3, 0.4) is 0 Å². The summed E-state index contributed by atoms with van der Waals surface area (Å²) >= 11 is 0. The van der Waals surface area contributed by atoms with Crippen molar-refractivity contribution >= 4 is 13.7 Å². The quantitative estimate of drug-likeness (QED) is 0.0252. The Morgan fingerprint density at radius 3 is 1.66 bits per heavy atom. The number of likely N-dealkylation sites (N-methyl/N-ethyl adjacent to an activating group) is 1. The summed E-state index contributed by atoms with van der Waals surface area (Å²) in [6.07, 6.45) is 45.8. The van der Waals surface area contributed by atoms with Crippen molar-refractivity contribution in [3.63, 3.8) is 0 Å². The van der Waals surface area contributed by atoms with Gasteiger partial charge in [-0.3, -0.25) is 13.8 Å². The molecule has 3 N–H and O–H groups in total. The summed E-state index contributed by atoms with van der Waals surface area (Å²) in [4.78, 5) is 23.0. The first-order valence-corrected chi connectivity index (χ1v) is 22.7. The molecule has 0 bridgehead atoms. The van der Waals surface area contributed by atoms with Crippen LogP contribution in [-0.4, -0.2) is 73.4 Å². The van der Waals surface area contributed by atoms with Crippen LogP contribution in [0.4, 0.5) is 0 Å². The van der Waals surface area contributed by atoms with Crippen molar-refractivity contribution in [3.05, 3.63) is 60.8 Å². The molecule has 0 aliphatic carbocycles. The number of aliphatic hydroxyl groups excluding tert-OH is 1. The van der Waals surface area contributed by atoms with Crippen LogP contribution < -0.4 is 5.32 Å². The zero-order valence-corrected chi connectivity index (χ0v) is 35.6. The maximum absolute atomic E-state index is 12.8. The van der Waals surface area contributed by atoms with Crippen molar-refractivity contribution in [1.29, 1.82) is 0 Å². The maximum atomic E-state index is 12.8. The molecule has 0 rings (SSSR count). The van der Waals surface area contributed by atoms with Gasteiger partial charge in [0.15, 0.2) is 0 Å². The Balaban J connectivity index is 4.42. The molecule has 0 aliphatic heterocycles. The fraction of sp³-hybridized carbons (Fsp3) is 0.750. The lowest BCUT2D eigenvalue weighted by atomic mass is 10.1. The van der Waals surface area contributed by atoms with Gasteiger partial charge in [-0.15, -0.1) is 0 Å². The van der Waals surface area contributed by atoms with Crippen molar-refractivity contribution in [3.8, 4) is 0 Å². The van der Waals surface area contributed by atoms with Gasteiger partial charge in [0.05, 0.1) is 39.9 Å². The van der Waals surface area contributed by atoms with E-state index >= 15 is 0 Å². The van der Waals surface area contributed by atoms with Crippen molar-refractivity contribution in [1.82, 2.24) is 5.32 Å². The molecule has 0 radical (unpaired) electrons. The van der Waals surface area contributed by atoms with Crippen LogP contribution >= 0.6 is 7.82 Å². The van der Waals surface area contributed by atoms with Crippen molar-refractivity contribution in [2.24, 2.45) is 0 Å². The van der Waals surface area contributed by atoms with Gasteiger partial charge in [0.1, 0.15) is 13.2 Å². The van der Waals surface area contributed by atoms with Gasteiger partial charge >= 0.3 is 7.82 Å². The molecule has 0 aliphatic rings. The van der Waals surface area contributed by atoms with Gasteiger partial charge in [-0.2, -0.15) is 0 Å². The molecule has 9 heteroatoms. The molecular formula is C44H82N2O6P+. The molecule has 0 spiro atoms. The number of aliphatic hydroxyl groups is 1. The summed E-state index contributed by atoms with van der Waals surface area (Å²) in [6, 6.07) is -0.870. The van der Waals surface area contributed by atoms with E-state index in [-0.39, 0.29) is 19.1 Å². The lowest BCUT2D eigenvalue weighted by Crippen LogP contribution is -2.45. The highest BCUT2D eigenvalue weighted by Gasteiger charge is 2.27. The smallest absolute Gasteiger partial charge is 0.387 e. The van der Waals surface area contributed by atoms with Crippen LogP contribution in [-0.2, 0) is 18.4 Å². The van der Waals surface area contributed by atoms with E-state index in [1.54, 1.807) is 6.08 Å². The van der Waals surface area contributed by atoms with Gasteiger partial charge in [-0.05, 0) is 70.6 Å². The second kappa shape index (κ2) is 35.9. The number of hydrogen-bond donors (Lipinski definition) is 3. The number of phosphoric acid groups is 1. The van der Waals surface area contributed by atoms with Crippen LogP contribution in [0.2, 0.25) is 0 Å². The van der Waals surface area contributed by atoms with Crippen molar-refractivity contribution in [2.45, 2.75) is 174 Å². The first-order chi connectivity index (χ1) is 25.5. The van der Waals surface area contributed by atoms with E-state index in [4.69, 9.17) is 9.05 Å². The van der Waals surface area contributed by atoms with Crippen molar-refractivity contribution < 1.29 is 32.9 Å². The molecule has 0 aromatic heterocycles. The van der Waals surface area contributed by atoms with Gasteiger partial charge in [0.25, 0.3) is 0 Å². The van der Waals surface area contributed by atoms with E-state index in [0.717, 1.165) is 64.2 Å². The number of amides is 1. The number of unbranched alkanes of at least 4 members (excludes halogenated alkanes) is 16. The van der Waals surface area contributed by atoms with Gasteiger partial charge in [-0.1, -0.05) is 145 Å². The second-order valence-electron chi connectivity index (χ2n) is 15.4. The third kappa shape index (κ3) is 38.3. The molecule has 0 heterocycles. The topological polar surface area (TPSA) is 105 Å². The molecule has 308 valence electrons. The van der Waals surface area contributed by atoms with Crippen LogP contribution in [0.1, 0.15) is 162 Å². The lowest BCUT2D eigenvalue weighted by Gasteiger charge is -2.25. The summed E-state index contributed by atoms with van der Waals surface area (Å²) in [6.45, 7) is 4.71. The molecule has 53 heavy (non-hydrogen) atoms. The number of rotatable bonds is 37. The van der Waals surface area contributed by atoms with Crippen LogP contribution in [0.15, 0.2) is 60.8 Å². The van der Waals surface area contributed by atoms with E-state index in [2.05, 4.69) is 67.8 Å². The number of carbonyl (C=O) groups excluding carboxylic acids is 1. The van der Waals surface area contributed by atoms with E-state index in [1.165, 1.54) is 77.0 Å². The minimum atomic E-state index is -4.34. The molecule has 3 unspecified atom stereocenters. The molecule has 0 saturated heterocycles. The number of allylic oxidation sites excluding steroid dienone is 9. The maximum Gasteiger partial charge on any atom is 0.472 e. The minimum absolute atomic E-state index is 0.0504. The Morgan fingerprint density at radius 1 is 0.642 bits per heavy atom. The highest BCUT2D eigenvalue weighted by atomic mass is 31.2. The summed E-state index contributed by atoms with van der Waals surface area (Å²) in [5.74, 6) is -0.205. The highest BCUT2D eigenvalue weighted by Crippen LogP contribution is 2.43. The van der Waals surface area contributed by atoms with Crippen LogP contribution in [0.25, 0.3) is 0 Å². The molecule has 0 fully saturated rings. The Hall–Kier alpha value is -1.80. The number of phosphoric ester groups is 1. The Kier molecular flexibility index (Phi) is 34.7. The van der Waals surface area contributed by atoms with Gasteiger partial charge < -0.3 is 19.8 Å². The van der Waals surface area contributed by atoms with E-state index in [1.807, 2.05) is 27.2 Å². The second-order valence-corrected chi connectivity index (χ2v) is 16.8. The predicted molar refractivity (Wildman–Crippen MR) is 226 cm³/mol. The molecule has 3 atom stereocenters. The molecule has 0 aromatic rings. The minimum Gasteiger partial charge on any atom is -0.387 e. The summed E-state index contributed by atoms with van der Waals surface area (Å²) in [5, 5.41) is 13.7. The average Bonchev–Trinajstić information content (AvgIpc) is 3.10. The fourth-order valence-corrected chi connectivity index (χ4v) is 6.27. The Labute approximate surface area is 326 Å². The third-order valence-electron chi connectivity index (χ3n) is 8.96. The SMILES string of the molecule is CCCCCC/C=C/CC/C=C/C(O)C(COP(=O)(O)OCC[N+](C)(C)C)NC(=O)CCCCCCCC/C=C\C/C=C\C/C=C\CCCCCCC. The summed E-state index contributed by atoms with van der Waals surface area (Å²) < 4.78 is 23.4. The molecular weight excluding hydrogens is 683 g/mol. The lowest BCUT2D eigenvalue weighted by molar-refractivity contribution is -0.870. The Morgan fingerprint density at radius 2 is 1.09 bits per heavy atom. The molecule has 0 saturated carbocycles. The van der Waals surface area contributed by atoms with E-state index < -0.39 is 20.0 Å². The number of quaternary nitrogens is 1. The van der Waals surface area contributed by atoms with E-state index in [0.29, 0.717) is 17.4 Å². The first kappa shape index (κ1) is 51.2. The molecule has 1 amide bonds. The number of hydrogen-bond acceptors (Lipinski definition) is 5. The summed E-state index contributed by atoms with van der Waals surface area (Å²) in [5.41, 5.74) is 0. The van der Waals surface area contributed by atoms with Crippen LogP contribution in [0.5, 0.6) is 0 Å². The Bertz CT molecular complexity index is 1050. The van der Waals surface area contributed by atoms with Gasteiger partial charge in [-0.25, -0.2) is 4.57 Å². The van der Waals surface area contributed by atoms with Crippen LogP contribution in [0, 0.1) is 0 Å². The first-order valence-electron chi connectivity index (χ1n) is 21.2. The predicted octanol–water partition coefficient (Wildman–Crippen LogP) is 11.5. The summed E-state index contributed by atoms with van der Waals surface area (Å²) in [7, 11) is 1.53. The fourth-order valence-electron chi connectivity index (χ4n) is 5.53. The number of nitrogens with one attached hydrogen (secondary N) is 1. The monoisotopic (exact) mass is 766 g/mol. The molecule has 0 aromatic carbocycles. The third-order valence-corrected chi connectivity index (χ3v) is 9.94. The largest absolute Gasteiger partial charge is 0.472 e. The van der Waals surface area contributed by atoms with Crippen molar-refractivity contribution in [2.75, 3.05) is 40.9 Å². The van der Waals surface area contributed by atoms with Gasteiger partial charge in [0.2, 0.25) is 5.91 Å². The normalized spacial score (nSPS) is 15.1. The highest BCUT2D eigenvalue weighted by molar-refractivity contribution is 7.47. The van der Waals surface area contributed by atoms with E-state index in [9.17, 15) is 19.4 Å². The zero-order chi connectivity index (χ0) is 39.3. The number of nitrogens with zero attached hydrogens (tertiary/aromatic N) is 1. The standard InChI is InChI=1S/C44H81N2O6P/c1-6-8-10-12-14-16-18-19-20-21-22-23-24-25-26-27-28-30-32-34-36-38-44(48)45-42(41-52-53(49,50)51-40-39-46(3,4)5)43(47)37-35-33-31-29-17-15-13-11-9-7-2/h17-19,21-22,24-25,29,35,37,42-43,47H,6-16,20,23,26-28,30-34,36,38-41H2,1-5H3,(H-,45,48,49,50)/p+1/b19-18-,22-21-,25-24-,29-17+,37-35+. The number of carbonyl (C=O) groups is 1. The van der Waals surface area contributed by atoms with Gasteiger partial charge in [0, 0.05) is 6.42 Å².